The molecule has 160 valence electrons. The minimum atomic E-state index is -0.220. The third-order valence-corrected chi connectivity index (χ3v) is 5.61. The van der Waals surface area contributed by atoms with Crippen molar-refractivity contribution >= 4 is 11.9 Å². The van der Waals surface area contributed by atoms with Crippen LogP contribution in [0.1, 0.15) is 39.2 Å². The van der Waals surface area contributed by atoms with Gasteiger partial charge in [0.15, 0.2) is 5.96 Å². The first-order valence-electron chi connectivity index (χ1n) is 11.0. The Morgan fingerprint density at radius 3 is 2.48 bits per heavy atom. The molecule has 1 atom stereocenters. The number of piperazine rings is 1. The van der Waals surface area contributed by atoms with Crippen LogP contribution in [0.15, 0.2) is 35.3 Å². The van der Waals surface area contributed by atoms with Crippen LogP contribution < -0.4 is 5.32 Å². The van der Waals surface area contributed by atoms with Crippen LogP contribution in [0.2, 0.25) is 0 Å². The third-order valence-electron chi connectivity index (χ3n) is 5.61. The molecule has 2 aliphatic rings. The van der Waals surface area contributed by atoms with Gasteiger partial charge >= 0.3 is 0 Å². The van der Waals surface area contributed by atoms with E-state index in [-0.39, 0.29) is 17.4 Å². The Bertz CT molecular complexity index is 675. The van der Waals surface area contributed by atoms with Crippen LogP contribution in [-0.2, 0) is 16.0 Å². The summed E-state index contributed by atoms with van der Waals surface area (Å²) in [4.78, 5) is 21.8. The normalized spacial score (nSPS) is 20.8. The van der Waals surface area contributed by atoms with E-state index in [1.54, 1.807) is 0 Å². The number of nitrogens with zero attached hydrogens (tertiary/aromatic N) is 3. The summed E-state index contributed by atoms with van der Waals surface area (Å²) >= 11 is 0. The molecule has 0 aliphatic carbocycles. The Kier molecular flexibility index (Phi) is 7.53. The van der Waals surface area contributed by atoms with Gasteiger partial charge in [0, 0.05) is 45.9 Å². The molecule has 0 saturated carbocycles. The van der Waals surface area contributed by atoms with Crippen molar-refractivity contribution in [3.05, 3.63) is 35.9 Å². The van der Waals surface area contributed by atoms with Gasteiger partial charge in [0.1, 0.15) is 6.10 Å². The number of carbonyl (C=O) groups is 1. The molecule has 2 heterocycles. The number of hydrogen-bond donors (Lipinski definition) is 1. The van der Waals surface area contributed by atoms with Crippen LogP contribution in [-0.4, -0.2) is 73.6 Å². The topological polar surface area (TPSA) is 57.2 Å². The molecule has 2 aliphatic heterocycles. The van der Waals surface area contributed by atoms with Crippen LogP contribution in [0.5, 0.6) is 0 Å². The summed E-state index contributed by atoms with van der Waals surface area (Å²) in [7, 11) is 0. The Morgan fingerprint density at radius 2 is 1.86 bits per heavy atom. The molecule has 2 fully saturated rings. The lowest BCUT2D eigenvalue weighted by Crippen LogP contribution is -2.55. The first kappa shape index (κ1) is 21.6. The fourth-order valence-electron chi connectivity index (χ4n) is 4.03. The SMILES string of the molecule is CCNC(=NCC(C)(C)Cc1ccccc1)N1CCN(C(=O)C2CCCO2)CC1. The summed E-state index contributed by atoms with van der Waals surface area (Å²) < 4.78 is 5.56. The molecule has 0 spiro atoms. The summed E-state index contributed by atoms with van der Waals surface area (Å²) in [5.41, 5.74) is 1.43. The Balaban J connectivity index is 1.55. The predicted molar refractivity (Wildman–Crippen MR) is 117 cm³/mol. The summed E-state index contributed by atoms with van der Waals surface area (Å²) in [6.45, 7) is 12.0. The maximum Gasteiger partial charge on any atom is 0.251 e. The number of nitrogens with one attached hydrogen (secondary N) is 1. The van der Waals surface area contributed by atoms with Crippen molar-refractivity contribution < 1.29 is 9.53 Å². The second kappa shape index (κ2) is 10.1. The van der Waals surface area contributed by atoms with E-state index in [1.807, 2.05) is 4.90 Å². The number of guanidine groups is 1. The first-order valence-corrected chi connectivity index (χ1v) is 11.0. The van der Waals surface area contributed by atoms with Crippen molar-refractivity contribution in [2.24, 2.45) is 10.4 Å². The van der Waals surface area contributed by atoms with E-state index in [0.717, 1.165) is 64.5 Å². The Hall–Kier alpha value is -2.08. The van der Waals surface area contributed by atoms with Gasteiger partial charge in [-0.1, -0.05) is 44.2 Å². The van der Waals surface area contributed by atoms with Gasteiger partial charge in [0.2, 0.25) is 0 Å². The number of hydrogen-bond acceptors (Lipinski definition) is 3. The quantitative estimate of drug-likeness (QED) is 0.589. The molecule has 6 nitrogen and oxygen atoms in total. The zero-order chi connectivity index (χ0) is 20.7. The molecular formula is C23H36N4O2. The molecule has 0 radical (unpaired) electrons. The standard InChI is InChI=1S/C23H36N4O2/c1-4-24-22(25-18-23(2,3)17-19-9-6-5-7-10-19)27-14-12-26(13-15-27)21(28)20-11-8-16-29-20/h5-7,9-10,20H,4,8,11-18H2,1-3H3,(H,24,25). The summed E-state index contributed by atoms with van der Waals surface area (Å²) in [6, 6.07) is 10.6. The number of ether oxygens (including phenoxy) is 1. The molecule has 1 amide bonds. The molecule has 1 N–H and O–H groups in total. The van der Waals surface area contributed by atoms with Crippen LogP contribution in [0.25, 0.3) is 0 Å². The van der Waals surface area contributed by atoms with Gasteiger partial charge in [0.05, 0.1) is 0 Å². The maximum atomic E-state index is 12.6. The van der Waals surface area contributed by atoms with E-state index in [0.29, 0.717) is 6.61 Å². The van der Waals surface area contributed by atoms with E-state index >= 15 is 0 Å². The van der Waals surface area contributed by atoms with E-state index in [4.69, 9.17) is 9.73 Å². The molecule has 6 heteroatoms. The number of carbonyl (C=O) groups excluding carboxylic acids is 1. The molecule has 29 heavy (non-hydrogen) atoms. The van der Waals surface area contributed by atoms with Gasteiger partial charge in [-0.15, -0.1) is 0 Å². The number of benzene rings is 1. The smallest absolute Gasteiger partial charge is 0.251 e. The highest BCUT2D eigenvalue weighted by Crippen LogP contribution is 2.22. The highest BCUT2D eigenvalue weighted by Gasteiger charge is 2.31. The minimum absolute atomic E-state index is 0.0830. The van der Waals surface area contributed by atoms with Crippen molar-refractivity contribution in [1.29, 1.82) is 0 Å². The number of aliphatic imine (C=N–C) groups is 1. The summed E-state index contributed by atoms with van der Waals surface area (Å²) in [5, 5.41) is 3.44. The molecule has 0 aromatic heterocycles. The van der Waals surface area contributed by atoms with E-state index < -0.39 is 0 Å². The lowest BCUT2D eigenvalue weighted by atomic mass is 9.86. The molecular weight excluding hydrogens is 364 g/mol. The average molecular weight is 401 g/mol. The highest BCUT2D eigenvalue weighted by molar-refractivity contribution is 5.82. The van der Waals surface area contributed by atoms with Gasteiger partial charge in [0.25, 0.3) is 5.91 Å². The molecule has 0 bridgehead atoms. The van der Waals surface area contributed by atoms with Crippen molar-refractivity contribution in [3.8, 4) is 0 Å². The predicted octanol–water partition coefficient (Wildman–Crippen LogP) is 2.54. The Morgan fingerprint density at radius 1 is 1.17 bits per heavy atom. The van der Waals surface area contributed by atoms with Gasteiger partial charge in [-0.2, -0.15) is 0 Å². The zero-order valence-corrected chi connectivity index (χ0v) is 18.2. The second-order valence-corrected chi connectivity index (χ2v) is 8.81. The van der Waals surface area contributed by atoms with Crippen molar-refractivity contribution in [1.82, 2.24) is 15.1 Å². The fourth-order valence-corrected chi connectivity index (χ4v) is 4.03. The minimum Gasteiger partial charge on any atom is -0.368 e. The van der Waals surface area contributed by atoms with E-state index in [1.165, 1.54) is 5.56 Å². The van der Waals surface area contributed by atoms with Crippen molar-refractivity contribution in [3.63, 3.8) is 0 Å². The van der Waals surface area contributed by atoms with Gasteiger partial charge < -0.3 is 19.9 Å². The van der Waals surface area contributed by atoms with Crippen molar-refractivity contribution in [2.75, 3.05) is 45.9 Å². The molecule has 1 aromatic carbocycles. The largest absolute Gasteiger partial charge is 0.368 e. The lowest BCUT2D eigenvalue weighted by molar-refractivity contribution is -0.142. The Labute approximate surface area is 175 Å². The zero-order valence-electron chi connectivity index (χ0n) is 18.2. The maximum absolute atomic E-state index is 12.6. The lowest BCUT2D eigenvalue weighted by Gasteiger charge is -2.37. The van der Waals surface area contributed by atoms with Crippen molar-refractivity contribution in [2.45, 2.75) is 46.1 Å². The molecule has 3 rings (SSSR count). The first-order chi connectivity index (χ1) is 14.0. The van der Waals surface area contributed by atoms with Gasteiger partial charge in [-0.05, 0) is 37.2 Å². The number of amides is 1. The highest BCUT2D eigenvalue weighted by atomic mass is 16.5. The van der Waals surface area contributed by atoms with Crippen LogP contribution in [0.3, 0.4) is 0 Å². The third kappa shape index (κ3) is 6.20. The van der Waals surface area contributed by atoms with Crippen LogP contribution in [0.4, 0.5) is 0 Å². The monoisotopic (exact) mass is 400 g/mol. The van der Waals surface area contributed by atoms with Gasteiger partial charge in [-0.25, -0.2) is 0 Å². The number of rotatable bonds is 6. The molecule has 2 saturated heterocycles. The second-order valence-electron chi connectivity index (χ2n) is 8.81. The molecule has 1 unspecified atom stereocenters. The fraction of sp³-hybridized carbons (Fsp3) is 0.652. The van der Waals surface area contributed by atoms with Gasteiger partial charge in [-0.3, -0.25) is 9.79 Å². The van der Waals surface area contributed by atoms with Crippen LogP contribution in [0, 0.1) is 5.41 Å². The van der Waals surface area contributed by atoms with Crippen LogP contribution >= 0.6 is 0 Å². The average Bonchev–Trinajstić information content (AvgIpc) is 3.26. The summed E-state index contributed by atoms with van der Waals surface area (Å²) in [6.07, 6.45) is 2.63. The summed E-state index contributed by atoms with van der Waals surface area (Å²) in [5.74, 6) is 1.12. The van der Waals surface area contributed by atoms with E-state index in [2.05, 4.69) is 61.3 Å². The van der Waals surface area contributed by atoms with E-state index in [9.17, 15) is 4.79 Å². The molecule has 1 aromatic rings.